The molecule has 3 heterocycles. The van der Waals surface area contributed by atoms with Crippen molar-refractivity contribution in [1.82, 2.24) is 15.3 Å². The van der Waals surface area contributed by atoms with E-state index in [1.54, 1.807) is 24.5 Å². The van der Waals surface area contributed by atoms with Crippen molar-refractivity contribution in [2.75, 3.05) is 25.1 Å². The third-order valence-corrected chi connectivity index (χ3v) is 4.21. The van der Waals surface area contributed by atoms with E-state index >= 15 is 0 Å². The molecule has 2 atom stereocenters. The second-order valence-corrected chi connectivity index (χ2v) is 6.43. The fourth-order valence-corrected chi connectivity index (χ4v) is 3.08. The molecular formula is C19H24N4O3. The quantitative estimate of drug-likeness (QED) is 0.883. The lowest BCUT2D eigenvalue weighted by atomic mass is 10.2. The van der Waals surface area contributed by atoms with E-state index in [1.807, 2.05) is 12.1 Å². The van der Waals surface area contributed by atoms with Crippen LogP contribution in [-0.4, -0.2) is 48.3 Å². The number of aromatic nitrogens is 2. The standard InChI is InChI=1S/C19H24N4O3/c1-13-11-23(12-14(2)26-13)17-7-6-15(9-21-17)10-22-18(24)16-5-4-8-20-19(16)25-3/h4-9,13-14H,10-12H2,1-3H3,(H,22,24). The Balaban J connectivity index is 1.60. The average Bonchev–Trinajstić information content (AvgIpc) is 2.65. The summed E-state index contributed by atoms with van der Waals surface area (Å²) >= 11 is 0. The van der Waals surface area contributed by atoms with Gasteiger partial charge >= 0.3 is 0 Å². The molecule has 7 heteroatoms. The van der Waals surface area contributed by atoms with E-state index in [9.17, 15) is 4.79 Å². The third-order valence-electron chi connectivity index (χ3n) is 4.21. The minimum absolute atomic E-state index is 0.189. The van der Waals surface area contributed by atoms with Crippen molar-refractivity contribution in [2.45, 2.75) is 32.6 Å². The summed E-state index contributed by atoms with van der Waals surface area (Å²) in [5, 5.41) is 2.87. The van der Waals surface area contributed by atoms with E-state index in [-0.39, 0.29) is 18.1 Å². The lowest BCUT2D eigenvalue weighted by Gasteiger charge is -2.36. The molecule has 0 bridgehead atoms. The van der Waals surface area contributed by atoms with Crippen molar-refractivity contribution in [1.29, 1.82) is 0 Å². The molecule has 0 aliphatic carbocycles. The van der Waals surface area contributed by atoms with E-state index in [2.05, 4.69) is 34.0 Å². The summed E-state index contributed by atoms with van der Waals surface area (Å²) in [4.78, 5) is 23.1. The maximum Gasteiger partial charge on any atom is 0.257 e. The Hall–Kier alpha value is -2.67. The number of hydrogen-bond donors (Lipinski definition) is 1. The molecule has 2 unspecified atom stereocenters. The van der Waals surface area contributed by atoms with Gasteiger partial charge in [0.1, 0.15) is 11.4 Å². The fourth-order valence-electron chi connectivity index (χ4n) is 3.08. The molecule has 1 saturated heterocycles. The fraction of sp³-hybridized carbons (Fsp3) is 0.421. The molecule has 1 fully saturated rings. The Labute approximate surface area is 153 Å². The molecule has 26 heavy (non-hydrogen) atoms. The SMILES string of the molecule is COc1ncccc1C(=O)NCc1ccc(N2CC(C)OC(C)C2)nc1. The van der Waals surface area contributed by atoms with Crippen LogP contribution in [0.15, 0.2) is 36.7 Å². The first-order valence-corrected chi connectivity index (χ1v) is 8.69. The zero-order valence-electron chi connectivity index (χ0n) is 15.3. The smallest absolute Gasteiger partial charge is 0.257 e. The van der Waals surface area contributed by atoms with Gasteiger partial charge < -0.3 is 19.7 Å². The Morgan fingerprint density at radius 2 is 2.04 bits per heavy atom. The van der Waals surface area contributed by atoms with Gasteiger partial charge in [0.05, 0.1) is 19.3 Å². The normalized spacial score (nSPS) is 19.9. The van der Waals surface area contributed by atoms with Gasteiger partial charge in [0, 0.05) is 32.0 Å². The van der Waals surface area contributed by atoms with Crippen molar-refractivity contribution < 1.29 is 14.3 Å². The van der Waals surface area contributed by atoms with Crippen LogP contribution < -0.4 is 15.0 Å². The van der Waals surface area contributed by atoms with Gasteiger partial charge in [0.15, 0.2) is 0 Å². The van der Waals surface area contributed by atoms with Gasteiger partial charge in [-0.3, -0.25) is 4.79 Å². The predicted molar refractivity (Wildman–Crippen MR) is 98.4 cm³/mol. The zero-order valence-corrected chi connectivity index (χ0v) is 15.3. The highest BCUT2D eigenvalue weighted by Crippen LogP contribution is 2.18. The maximum atomic E-state index is 12.3. The molecule has 138 valence electrons. The molecule has 7 nitrogen and oxygen atoms in total. The molecule has 1 amide bonds. The summed E-state index contributed by atoms with van der Waals surface area (Å²) in [6.45, 7) is 6.18. The van der Waals surface area contributed by atoms with Crippen LogP contribution >= 0.6 is 0 Å². The summed E-state index contributed by atoms with van der Waals surface area (Å²) < 4.78 is 10.9. The molecule has 0 spiro atoms. The number of nitrogens with zero attached hydrogens (tertiary/aromatic N) is 3. The topological polar surface area (TPSA) is 76.6 Å². The number of hydrogen-bond acceptors (Lipinski definition) is 6. The number of nitrogens with one attached hydrogen (secondary N) is 1. The number of anilines is 1. The van der Waals surface area contributed by atoms with Crippen molar-refractivity contribution in [3.05, 3.63) is 47.8 Å². The van der Waals surface area contributed by atoms with Crippen LogP contribution in [-0.2, 0) is 11.3 Å². The predicted octanol–water partition coefficient (Wildman–Crippen LogP) is 2.03. The van der Waals surface area contributed by atoms with Crippen LogP contribution in [0.25, 0.3) is 0 Å². The Kier molecular flexibility index (Phi) is 5.68. The zero-order chi connectivity index (χ0) is 18.5. The highest BCUT2D eigenvalue weighted by molar-refractivity contribution is 5.96. The van der Waals surface area contributed by atoms with Gasteiger partial charge in [0.2, 0.25) is 5.88 Å². The lowest BCUT2D eigenvalue weighted by Crippen LogP contribution is -2.45. The molecule has 0 saturated carbocycles. The van der Waals surface area contributed by atoms with Gasteiger partial charge in [-0.25, -0.2) is 9.97 Å². The molecule has 3 rings (SSSR count). The van der Waals surface area contributed by atoms with E-state index < -0.39 is 0 Å². The Morgan fingerprint density at radius 3 is 2.69 bits per heavy atom. The first-order valence-electron chi connectivity index (χ1n) is 8.69. The van der Waals surface area contributed by atoms with Gasteiger partial charge in [-0.05, 0) is 37.6 Å². The number of carbonyl (C=O) groups excluding carboxylic acids is 1. The highest BCUT2D eigenvalue weighted by Gasteiger charge is 2.23. The maximum absolute atomic E-state index is 12.3. The minimum Gasteiger partial charge on any atom is -0.480 e. The number of pyridine rings is 2. The van der Waals surface area contributed by atoms with Gasteiger partial charge in [-0.1, -0.05) is 6.07 Å². The van der Waals surface area contributed by atoms with Crippen molar-refractivity contribution in [2.24, 2.45) is 0 Å². The van der Waals surface area contributed by atoms with Crippen molar-refractivity contribution in [3.8, 4) is 5.88 Å². The Morgan fingerprint density at radius 1 is 1.27 bits per heavy atom. The van der Waals surface area contributed by atoms with E-state index in [0.717, 1.165) is 24.5 Å². The minimum atomic E-state index is -0.227. The van der Waals surface area contributed by atoms with Crippen LogP contribution in [0.2, 0.25) is 0 Å². The number of carbonyl (C=O) groups is 1. The van der Waals surface area contributed by atoms with Gasteiger partial charge in [-0.15, -0.1) is 0 Å². The monoisotopic (exact) mass is 356 g/mol. The van der Waals surface area contributed by atoms with Crippen LogP contribution in [0.4, 0.5) is 5.82 Å². The van der Waals surface area contributed by atoms with E-state index in [0.29, 0.717) is 18.0 Å². The number of ether oxygens (including phenoxy) is 2. The second-order valence-electron chi connectivity index (χ2n) is 6.43. The lowest BCUT2D eigenvalue weighted by molar-refractivity contribution is -0.00546. The third kappa shape index (κ3) is 4.29. The molecule has 1 aliphatic heterocycles. The first kappa shape index (κ1) is 18.1. The molecular weight excluding hydrogens is 332 g/mol. The number of morpholine rings is 1. The number of rotatable bonds is 5. The van der Waals surface area contributed by atoms with E-state index in [1.165, 1.54) is 7.11 Å². The second kappa shape index (κ2) is 8.14. The van der Waals surface area contributed by atoms with Crippen molar-refractivity contribution in [3.63, 3.8) is 0 Å². The summed E-state index contributed by atoms with van der Waals surface area (Å²) in [6, 6.07) is 7.35. The van der Waals surface area contributed by atoms with Crippen LogP contribution in [0.1, 0.15) is 29.8 Å². The molecule has 1 N–H and O–H groups in total. The van der Waals surface area contributed by atoms with E-state index in [4.69, 9.17) is 9.47 Å². The first-order chi connectivity index (χ1) is 12.6. The van der Waals surface area contributed by atoms with Gasteiger partial charge in [0.25, 0.3) is 5.91 Å². The molecule has 0 radical (unpaired) electrons. The molecule has 0 aromatic carbocycles. The average molecular weight is 356 g/mol. The number of amides is 1. The summed E-state index contributed by atoms with van der Waals surface area (Å²) in [5.41, 5.74) is 1.34. The van der Waals surface area contributed by atoms with Crippen LogP contribution in [0.5, 0.6) is 5.88 Å². The summed E-state index contributed by atoms with van der Waals surface area (Å²) in [7, 11) is 1.50. The van der Waals surface area contributed by atoms with Gasteiger partial charge in [-0.2, -0.15) is 0 Å². The summed E-state index contributed by atoms with van der Waals surface area (Å²) in [6.07, 6.45) is 3.76. The molecule has 1 aliphatic rings. The van der Waals surface area contributed by atoms with Crippen LogP contribution in [0.3, 0.4) is 0 Å². The molecule has 2 aromatic heterocycles. The highest BCUT2D eigenvalue weighted by atomic mass is 16.5. The summed E-state index contributed by atoms with van der Waals surface area (Å²) in [5.74, 6) is 1.01. The largest absolute Gasteiger partial charge is 0.480 e. The molecule has 2 aromatic rings. The Bertz CT molecular complexity index is 741. The van der Waals surface area contributed by atoms with Crippen molar-refractivity contribution >= 4 is 11.7 Å². The number of methoxy groups -OCH3 is 1. The van der Waals surface area contributed by atoms with Crippen LogP contribution in [0, 0.1) is 0 Å².